The van der Waals surface area contributed by atoms with Crippen molar-refractivity contribution < 1.29 is 18.0 Å². The molecule has 2 amide bonds. The number of hydrogen-bond donors (Lipinski definition) is 3. The summed E-state index contributed by atoms with van der Waals surface area (Å²) in [5.41, 5.74) is 1.49. The third-order valence-electron chi connectivity index (χ3n) is 3.40. The predicted molar refractivity (Wildman–Crippen MR) is 95.4 cm³/mol. The Kier molecular flexibility index (Phi) is 5.90. The number of sulfonamides is 1. The summed E-state index contributed by atoms with van der Waals surface area (Å²) in [5, 5.41) is 14.3. The van der Waals surface area contributed by atoms with Gasteiger partial charge in [-0.1, -0.05) is 18.7 Å². The van der Waals surface area contributed by atoms with Gasteiger partial charge in [0, 0.05) is 18.9 Å². The van der Waals surface area contributed by atoms with Crippen molar-refractivity contribution in [1.82, 2.24) is 15.1 Å². The lowest BCUT2D eigenvalue weighted by Crippen LogP contribution is -2.26. The minimum absolute atomic E-state index is 0.0566. The molecule has 2 aromatic rings. The van der Waals surface area contributed by atoms with Crippen LogP contribution in [0.3, 0.4) is 0 Å². The van der Waals surface area contributed by atoms with Crippen LogP contribution in [0.4, 0.5) is 5.69 Å². The Morgan fingerprint density at radius 1 is 1.31 bits per heavy atom. The summed E-state index contributed by atoms with van der Waals surface area (Å²) >= 11 is 0. The van der Waals surface area contributed by atoms with Crippen molar-refractivity contribution in [3.05, 3.63) is 54.4 Å². The van der Waals surface area contributed by atoms with Crippen molar-refractivity contribution in [2.45, 2.75) is 17.9 Å². The van der Waals surface area contributed by atoms with Crippen LogP contribution in [-0.4, -0.2) is 30.0 Å². The number of carbonyl (C=O) groups is 2. The molecule has 9 nitrogen and oxygen atoms in total. The van der Waals surface area contributed by atoms with Crippen LogP contribution in [0.2, 0.25) is 0 Å². The molecule has 0 aliphatic heterocycles. The number of amides is 2. The number of anilines is 1. The Hall–Kier alpha value is -2.98. The highest BCUT2D eigenvalue weighted by Gasteiger charge is 2.18. The summed E-state index contributed by atoms with van der Waals surface area (Å²) in [7, 11) is -2.35. The zero-order chi connectivity index (χ0) is 19.3. The summed E-state index contributed by atoms with van der Waals surface area (Å²) in [6.07, 6.45) is 2.54. The number of nitrogens with two attached hydrogens (primary N) is 1. The molecule has 1 aromatic carbocycles. The molecule has 0 aliphatic carbocycles. The normalized spacial score (nSPS) is 11.0. The van der Waals surface area contributed by atoms with Gasteiger partial charge in [-0.15, -0.1) is 0 Å². The van der Waals surface area contributed by atoms with Gasteiger partial charge in [0.15, 0.2) is 0 Å². The lowest BCUT2D eigenvalue weighted by atomic mass is 10.1. The van der Waals surface area contributed by atoms with Crippen molar-refractivity contribution >= 4 is 27.5 Å². The number of nitrogens with zero attached hydrogens (tertiary/aromatic N) is 2. The molecule has 26 heavy (non-hydrogen) atoms. The van der Waals surface area contributed by atoms with Gasteiger partial charge in [-0.25, -0.2) is 13.6 Å². The van der Waals surface area contributed by atoms with E-state index in [1.165, 1.54) is 10.9 Å². The number of aryl methyl sites for hydroxylation is 1. The predicted octanol–water partition coefficient (Wildman–Crippen LogP) is 0.0509. The van der Waals surface area contributed by atoms with E-state index in [-0.39, 0.29) is 35.4 Å². The van der Waals surface area contributed by atoms with Gasteiger partial charge in [0.25, 0.3) is 0 Å². The van der Waals surface area contributed by atoms with E-state index < -0.39 is 10.0 Å². The van der Waals surface area contributed by atoms with Gasteiger partial charge in [0.2, 0.25) is 21.8 Å². The second-order valence-corrected chi connectivity index (χ2v) is 7.03. The first-order valence-electron chi connectivity index (χ1n) is 7.53. The molecule has 0 radical (unpaired) electrons. The first kappa shape index (κ1) is 19.3. The van der Waals surface area contributed by atoms with E-state index in [0.717, 1.165) is 11.6 Å². The molecular weight excluding hydrogens is 358 g/mol. The number of aromatic nitrogens is 2. The highest BCUT2D eigenvalue weighted by atomic mass is 32.2. The molecule has 1 aromatic heterocycles. The van der Waals surface area contributed by atoms with Gasteiger partial charge in [0.05, 0.1) is 13.0 Å². The van der Waals surface area contributed by atoms with E-state index in [9.17, 15) is 18.0 Å². The monoisotopic (exact) mass is 377 g/mol. The molecule has 0 saturated heterocycles. The number of benzene rings is 1. The molecular formula is C16H19N5O4S. The standard InChI is InChI=1S/C16H19N5O4S/c1-3-15(22)19-12-6-4-11(5-7-12)8-16(23)18-9-13-14(26(17,24)25)10-21(2)20-13/h3-7,10H,1,8-9H2,2H3,(H,18,23)(H,19,22)(H2,17,24,25). The van der Waals surface area contributed by atoms with E-state index in [1.807, 2.05) is 0 Å². The fraction of sp³-hybridized carbons (Fsp3) is 0.188. The second-order valence-electron chi connectivity index (χ2n) is 5.50. The van der Waals surface area contributed by atoms with E-state index in [1.54, 1.807) is 31.3 Å². The quantitative estimate of drug-likeness (QED) is 0.586. The van der Waals surface area contributed by atoms with Crippen LogP contribution in [0.25, 0.3) is 0 Å². The molecule has 0 atom stereocenters. The SMILES string of the molecule is C=CC(=O)Nc1ccc(CC(=O)NCc2nn(C)cc2S(N)(=O)=O)cc1. The highest BCUT2D eigenvalue weighted by Crippen LogP contribution is 2.12. The van der Waals surface area contributed by atoms with Gasteiger partial charge in [0.1, 0.15) is 10.6 Å². The molecule has 0 saturated carbocycles. The number of carbonyl (C=O) groups excluding carboxylic acids is 2. The van der Waals surface area contributed by atoms with E-state index in [2.05, 4.69) is 22.3 Å². The molecule has 2 rings (SSSR count). The first-order valence-corrected chi connectivity index (χ1v) is 9.08. The zero-order valence-electron chi connectivity index (χ0n) is 14.1. The van der Waals surface area contributed by atoms with Crippen LogP contribution >= 0.6 is 0 Å². The highest BCUT2D eigenvalue weighted by molar-refractivity contribution is 7.89. The van der Waals surface area contributed by atoms with Crippen LogP contribution in [0, 0.1) is 0 Å². The van der Waals surface area contributed by atoms with Crippen molar-refractivity contribution in [3.8, 4) is 0 Å². The summed E-state index contributed by atoms with van der Waals surface area (Å²) in [6.45, 7) is 3.31. The minimum Gasteiger partial charge on any atom is -0.350 e. The molecule has 0 bridgehead atoms. The van der Waals surface area contributed by atoms with Crippen molar-refractivity contribution in [1.29, 1.82) is 0 Å². The average molecular weight is 377 g/mol. The smallest absolute Gasteiger partial charge is 0.247 e. The number of hydrogen-bond acceptors (Lipinski definition) is 5. The molecule has 0 fully saturated rings. The maximum atomic E-state index is 12.1. The molecule has 4 N–H and O–H groups in total. The molecule has 1 heterocycles. The number of rotatable bonds is 7. The lowest BCUT2D eigenvalue weighted by Gasteiger charge is -2.06. The van der Waals surface area contributed by atoms with Crippen molar-refractivity contribution in [3.63, 3.8) is 0 Å². The van der Waals surface area contributed by atoms with Gasteiger partial charge >= 0.3 is 0 Å². The maximum Gasteiger partial charge on any atom is 0.247 e. The molecule has 138 valence electrons. The van der Waals surface area contributed by atoms with Crippen molar-refractivity contribution in [2.75, 3.05) is 5.32 Å². The fourth-order valence-electron chi connectivity index (χ4n) is 2.20. The molecule has 0 unspecified atom stereocenters. The Balaban J connectivity index is 1.95. The summed E-state index contributed by atoms with van der Waals surface area (Å²) in [6, 6.07) is 6.74. The van der Waals surface area contributed by atoms with Crippen LogP contribution < -0.4 is 15.8 Å². The molecule has 10 heteroatoms. The zero-order valence-corrected chi connectivity index (χ0v) is 14.9. The third-order valence-corrected chi connectivity index (χ3v) is 4.35. The maximum absolute atomic E-state index is 12.1. The summed E-state index contributed by atoms with van der Waals surface area (Å²) in [5.74, 6) is -0.629. The van der Waals surface area contributed by atoms with Crippen molar-refractivity contribution in [2.24, 2.45) is 12.2 Å². The van der Waals surface area contributed by atoms with E-state index in [4.69, 9.17) is 5.14 Å². The van der Waals surface area contributed by atoms with Gasteiger partial charge in [-0.05, 0) is 23.8 Å². The van der Waals surface area contributed by atoms with Gasteiger partial charge < -0.3 is 10.6 Å². The van der Waals surface area contributed by atoms with Crippen LogP contribution in [0.5, 0.6) is 0 Å². The largest absolute Gasteiger partial charge is 0.350 e. The van der Waals surface area contributed by atoms with Crippen LogP contribution in [0.1, 0.15) is 11.3 Å². The number of primary sulfonamides is 1. The second kappa shape index (κ2) is 7.93. The average Bonchev–Trinajstić information content (AvgIpc) is 2.96. The Morgan fingerprint density at radius 2 is 1.96 bits per heavy atom. The Bertz CT molecular complexity index is 932. The Morgan fingerprint density at radius 3 is 2.54 bits per heavy atom. The summed E-state index contributed by atoms with van der Waals surface area (Å²) in [4.78, 5) is 23.1. The minimum atomic E-state index is -3.91. The van der Waals surface area contributed by atoms with E-state index in [0.29, 0.717) is 5.69 Å². The summed E-state index contributed by atoms with van der Waals surface area (Å²) < 4.78 is 24.3. The third kappa shape index (κ3) is 5.26. The molecule has 0 aliphatic rings. The topological polar surface area (TPSA) is 136 Å². The lowest BCUT2D eigenvalue weighted by molar-refractivity contribution is -0.120. The first-order chi connectivity index (χ1) is 12.2. The fourth-order valence-corrected chi connectivity index (χ4v) is 2.94. The van der Waals surface area contributed by atoms with Gasteiger partial charge in [-0.3, -0.25) is 14.3 Å². The molecule has 0 spiro atoms. The Labute approximate surface area is 150 Å². The van der Waals surface area contributed by atoms with Gasteiger partial charge in [-0.2, -0.15) is 5.10 Å². The number of nitrogens with one attached hydrogen (secondary N) is 2. The van der Waals surface area contributed by atoms with Crippen LogP contribution in [0.15, 0.2) is 48.0 Å². The van der Waals surface area contributed by atoms with E-state index >= 15 is 0 Å². The van der Waals surface area contributed by atoms with Crippen LogP contribution in [-0.2, 0) is 39.6 Å².